The molecule has 0 bridgehead atoms. The first-order valence-corrected chi connectivity index (χ1v) is 11.4. The van der Waals surface area contributed by atoms with Crippen molar-refractivity contribution in [2.24, 2.45) is 0 Å². The van der Waals surface area contributed by atoms with Crippen LogP contribution in [0.5, 0.6) is 0 Å². The van der Waals surface area contributed by atoms with Gasteiger partial charge in [-0.1, -0.05) is 24.3 Å². The number of hydrogen-bond acceptors (Lipinski definition) is 5. The van der Waals surface area contributed by atoms with Crippen molar-refractivity contribution in [3.05, 3.63) is 64.7 Å². The van der Waals surface area contributed by atoms with Gasteiger partial charge < -0.3 is 9.64 Å². The lowest BCUT2D eigenvalue weighted by Gasteiger charge is -2.36. The van der Waals surface area contributed by atoms with E-state index in [0.29, 0.717) is 12.0 Å². The molecule has 1 atom stereocenters. The van der Waals surface area contributed by atoms with Crippen LogP contribution in [0.25, 0.3) is 0 Å². The van der Waals surface area contributed by atoms with E-state index in [-0.39, 0.29) is 37.0 Å². The molecule has 1 amide bonds. The third kappa shape index (κ3) is 3.73. The minimum absolute atomic E-state index is 0.207. The molecule has 2 aromatic rings. The van der Waals surface area contributed by atoms with Crippen LogP contribution in [0.1, 0.15) is 27.0 Å². The fourth-order valence-corrected chi connectivity index (χ4v) is 5.35. The Labute approximate surface area is 176 Å². The topological polar surface area (TPSA) is 84.0 Å². The summed E-state index contributed by atoms with van der Waals surface area (Å²) >= 11 is 0. The standard InChI is InChI=1S/C22H24N2O5S/c1-15-7-8-18(13-16(15)2)30(27,28)24-11-9-23(10-12-24)21(25)20-14-17-5-3-4-6-19(17)22(26)29-20/h3-8,13,20H,9-12,14H2,1-2H3. The first kappa shape index (κ1) is 20.6. The number of amides is 1. The van der Waals surface area contributed by atoms with Crippen molar-refractivity contribution < 1.29 is 22.7 Å². The Balaban J connectivity index is 1.43. The molecule has 0 spiro atoms. The molecule has 4 rings (SSSR count). The number of carbonyl (C=O) groups is 2. The Bertz CT molecular complexity index is 1100. The van der Waals surface area contributed by atoms with E-state index in [0.717, 1.165) is 16.7 Å². The first-order chi connectivity index (χ1) is 14.3. The number of cyclic esters (lactones) is 1. The van der Waals surface area contributed by atoms with E-state index >= 15 is 0 Å². The van der Waals surface area contributed by atoms with Crippen molar-refractivity contribution in [3.8, 4) is 0 Å². The van der Waals surface area contributed by atoms with E-state index < -0.39 is 22.1 Å². The van der Waals surface area contributed by atoms with Gasteiger partial charge in [-0.3, -0.25) is 4.79 Å². The number of esters is 1. The van der Waals surface area contributed by atoms with Crippen LogP contribution in [0.15, 0.2) is 47.4 Å². The van der Waals surface area contributed by atoms with E-state index in [4.69, 9.17) is 4.74 Å². The van der Waals surface area contributed by atoms with E-state index in [1.54, 1.807) is 35.2 Å². The third-order valence-electron chi connectivity index (χ3n) is 5.83. The molecule has 1 unspecified atom stereocenters. The number of fused-ring (bicyclic) bond motifs is 1. The van der Waals surface area contributed by atoms with E-state index in [1.807, 2.05) is 26.0 Å². The lowest BCUT2D eigenvalue weighted by atomic mass is 9.98. The summed E-state index contributed by atoms with van der Waals surface area (Å²) in [6.45, 7) is 4.76. The smallest absolute Gasteiger partial charge is 0.339 e. The molecule has 2 aromatic carbocycles. The fourth-order valence-electron chi connectivity index (χ4n) is 3.85. The molecule has 2 aliphatic rings. The molecule has 0 aliphatic carbocycles. The molecule has 1 fully saturated rings. The Morgan fingerprint density at radius 1 is 1.00 bits per heavy atom. The zero-order chi connectivity index (χ0) is 21.5. The summed E-state index contributed by atoms with van der Waals surface area (Å²) in [4.78, 5) is 26.9. The molecule has 8 heteroatoms. The van der Waals surface area contributed by atoms with Crippen molar-refractivity contribution in [1.82, 2.24) is 9.21 Å². The monoisotopic (exact) mass is 428 g/mol. The average Bonchev–Trinajstić information content (AvgIpc) is 2.75. The number of ether oxygens (including phenoxy) is 1. The predicted octanol–water partition coefficient (Wildman–Crippen LogP) is 1.92. The largest absolute Gasteiger partial charge is 0.448 e. The predicted molar refractivity (Wildman–Crippen MR) is 111 cm³/mol. The van der Waals surface area contributed by atoms with Crippen LogP contribution < -0.4 is 0 Å². The van der Waals surface area contributed by atoms with E-state index in [1.165, 1.54) is 4.31 Å². The Hall–Kier alpha value is -2.71. The maximum Gasteiger partial charge on any atom is 0.339 e. The Morgan fingerprint density at radius 2 is 1.70 bits per heavy atom. The van der Waals surface area contributed by atoms with Crippen molar-refractivity contribution in [1.29, 1.82) is 0 Å². The van der Waals surface area contributed by atoms with Crippen LogP contribution in [0.4, 0.5) is 0 Å². The third-order valence-corrected chi connectivity index (χ3v) is 7.73. The van der Waals surface area contributed by atoms with Crippen LogP contribution in [-0.2, 0) is 26.0 Å². The summed E-state index contributed by atoms with van der Waals surface area (Å²) in [6.07, 6.45) is -0.530. The molecular formula is C22H24N2O5S. The molecular weight excluding hydrogens is 404 g/mol. The van der Waals surface area contributed by atoms with Gasteiger partial charge >= 0.3 is 5.97 Å². The minimum Gasteiger partial charge on any atom is -0.448 e. The summed E-state index contributed by atoms with van der Waals surface area (Å²) in [7, 11) is -3.61. The van der Waals surface area contributed by atoms with Gasteiger partial charge in [-0.05, 0) is 48.7 Å². The van der Waals surface area contributed by atoms with Crippen molar-refractivity contribution in [2.75, 3.05) is 26.2 Å². The highest BCUT2D eigenvalue weighted by Gasteiger charge is 2.36. The summed E-state index contributed by atoms with van der Waals surface area (Å²) < 4.78 is 32.7. The minimum atomic E-state index is -3.61. The number of sulfonamides is 1. The van der Waals surface area contributed by atoms with Crippen molar-refractivity contribution in [3.63, 3.8) is 0 Å². The normalized spacial score (nSPS) is 19.9. The highest BCUT2D eigenvalue weighted by atomic mass is 32.2. The summed E-state index contributed by atoms with van der Waals surface area (Å²) in [6, 6.07) is 12.2. The van der Waals surface area contributed by atoms with Gasteiger partial charge in [0.1, 0.15) is 0 Å². The van der Waals surface area contributed by atoms with Gasteiger partial charge in [0.05, 0.1) is 10.5 Å². The molecule has 2 heterocycles. The van der Waals surface area contributed by atoms with Gasteiger partial charge in [0, 0.05) is 32.6 Å². The van der Waals surface area contributed by atoms with Crippen LogP contribution in [0, 0.1) is 13.8 Å². The lowest BCUT2D eigenvalue weighted by Crippen LogP contribution is -2.54. The van der Waals surface area contributed by atoms with Gasteiger partial charge in [0.15, 0.2) is 6.10 Å². The lowest BCUT2D eigenvalue weighted by molar-refractivity contribution is -0.142. The summed E-state index contributed by atoms with van der Waals surface area (Å²) in [5.74, 6) is -0.771. The second-order valence-electron chi connectivity index (χ2n) is 7.73. The van der Waals surface area contributed by atoms with Crippen LogP contribution >= 0.6 is 0 Å². The summed E-state index contributed by atoms with van der Waals surface area (Å²) in [5.41, 5.74) is 3.24. The quantitative estimate of drug-likeness (QED) is 0.698. The number of carbonyl (C=O) groups excluding carboxylic acids is 2. The highest BCUT2D eigenvalue weighted by molar-refractivity contribution is 7.89. The van der Waals surface area contributed by atoms with Gasteiger partial charge in [-0.2, -0.15) is 4.31 Å². The van der Waals surface area contributed by atoms with Crippen LogP contribution in [0.3, 0.4) is 0 Å². The number of nitrogens with zero attached hydrogens (tertiary/aromatic N) is 2. The maximum atomic E-state index is 13.0. The molecule has 0 N–H and O–H groups in total. The SMILES string of the molecule is Cc1ccc(S(=O)(=O)N2CCN(C(=O)C3Cc4ccccc4C(=O)O3)CC2)cc1C. The number of rotatable bonds is 3. The number of aryl methyl sites for hydroxylation is 2. The molecule has 7 nitrogen and oxygen atoms in total. The second kappa shape index (κ2) is 7.85. The number of piperazine rings is 1. The van der Waals surface area contributed by atoms with Gasteiger partial charge in [0.2, 0.25) is 10.0 Å². The van der Waals surface area contributed by atoms with Crippen LogP contribution in [-0.4, -0.2) is 61.8 Å². The number of hydrogen-bond donors (Lipinski definition) is 0. The van der Waals surface area contributed by atoms with E-state index in [2.05, 4.69) is 0 Å². The highest BCUT2D eigenvalue weighted by Crippen LogP contribution is 2.24. The van der Waals surface area contributed by atoms with Crippen molar-refractivity contribution >= 4 is 21.9 Å². The zero-order valence-electron chi connectivity index (χ0n) is 17.0. The number of benzene rings is 2. The molecule has 0 aromatic heterocycles. The maximum absolute atomic E-state index is 13.0. The zero-order valence-corrected chi connectivity index (χ0v) is 17.8. The molecule has 0 saturated carbocycles. The molecule has 30 heavy (non-hydrogen) atoms. The van der Waals surface area contributed by atoms with Crippen LogP contribution in [0.2, 0.25) is 0 Å². The molecule has 2 aliphatic heterocycles. The van der Waals surface area contributed by atoms with Gasteiger partial charge in [-0.25, -0.2) is 13.2 Å². The molecule has 1 saturated heterocycles. The first-order valence-electron chi connectivity index (χ1n) is 9.92. The van der Waals surface area contributed by atoms with E-state index in [9.17, 15) is 18.0 Å². The average molecular weight is 429 g/mol. The Morgan fingerprint density at radius 3 is 2.40 bits per heavy atom. The molecule has 0 radical (unpaired) electrons. The van der Waals surface area contributed by atoms with Crippen molar-refractivity contribution in [2.45, 2.75) is 31.3 Å². The van der Waals surface area contributed by atoms with Gasteiger partial charge in [-0.15, -0.1) is 0 Å². The fraction of sp³-hybridized carbons (Fsp3) is 0.364. The van der Waals surface area contributed by atoms with Gasteiger partial charge in [0.25, 0.3) is 5.91 Å². The second-order valence-corrected chi connectivity index (χ2v) is 9.67. The molecule has 158 valence electrons. The Kier molecular flexibility index (Phi) is 5.38. The summed E-state index contributed by atoms with van der Waals surface area (Å²) in [5, 5.41) is 0.